The highest BCUT2D eigenvalue weighted by Gasteiger charge is 2.42. The standard InChI is InChI=1S/C24HB19S/c25-2-1-3(26)21(14(37)4(2)27)44(22-15(38)8(31)5(28)9(32)16(22)39,23-17(40)10(33)6(29)11(34)18(23)41)24-19(42)12(35)7(30)13(36)20(24)43/h1H. The first kappa shape index (κ1) is 35.3. The van der Waals surface area contributed by atoms with E-state index < -0.39 is 10.0 Å². The van der Waals surface area contributed by atoms with Crippen molar-refractivity contribution in [3.8, 4) is 0 Å². The third kappa shape index (κ3) is 4.81. The molecule has 0 saturated carbocycles. The van der Waals surface area contributed by atoms with Gasteiger partial charge in [-0.3, -0.25) is 0 Å². The van der Waals surface area contributed by atoms with Gasteiger partial charge in [0.25, 0.3) is 0 Å². The van der Waals surface area contributed by atoms with E-state index in [-0.39, 0.29) is 123 Å². The fraction of sp³-hybridized carbons (Fsp3) is 0. The van der Waals surface area contributed by atoms with E-state index in [1.807, 2.05) is 0 Å². The molecule has 4 rings (SSSR count). The lowest BCUT2D eigenvalue weighted by Gasteiger charge is -2.52. The molecule has 0 atom stereocenters. The highest BCUT2D eigenvalue weighted by atomic mass is 32.3. The lowest BCUT2D eigenvalue weighted by Crippen LogP contribution is -2.62. The van der Waals surface area contributed by atoms with Crippen molar-refractivity contribution in [2.75, 3.05) is 0 Å². The summed E-state index contributed by atoms with van der Waals surface area (Å²) < 4.78 is 0. The lowest BCUT2D eigenvalue weighted by atomic mass is 9.62. The Morgan fingerprint density at radius 1 is 0.227 bits per heavy atom. The van der Waals surface area contributed by atoms with Crippen LogP contribution in [0.4, 0.5) is 0 Å². The molecular formula is C24HB19S. The molecule has 160 valence electrons. The van der Waals surface area contributed by atoms with E-state index in [1.165, 1.54) is 6.07 Å². The zero-order valence-corrected chi connectivity index (χ0v) is 24.3. The molecule has 0 N–H and O–H groups in total. The number of rotatable bonds is 4. The number of benzene rings is 4. The van der Waals surface area contributed by atoms with Crippen LogP contribution in [0, 0.1) is 0 Å². The van der Waals surface area contributed by atoms with Crippen LogP contribution >= 0.6 is 10.0 Å². The molecule has 0 fully saturated rings. The predicted molar refractivity (Wildman–Crippen MR) is 209 cm³/mol. The molecule has 0 nitrogen and oxygen atoms in total. The molecule has 0 unspecified atom stereocenters. The molecule has 0 aliphatic heterocycles. The summed E-state index contributed by atoms with van der Waals surface area (Å²) in [6, 6.07) is 1.33. The third-order valence-corrected chi connectivity index (χ3v) is 11.8. The van der Waals surface area contributed by atoms with E-state index in [2.05, 4.69) is 0 Å². The van der Waals surface area contributed by atoms with E-state index in [4.69, 9.17) is 149 Å². The lowest BCUT2D eigenvalue weighted by molar-refractivity contribution is 1.38. The van der Waals surface area contributed by atoms with E-state index in [1.54, 1.807) is 0 Å². The van der Waals surface area contributed by atoms with Crippen molar-refractivity contribution in [1.29, 1.82) is 0 Å². The van der Waals surface area contributed by atoms with Crippen molar-refractivity contribution in [1.82, 2.24) is 0 Å². The van der Waals surface area contributed by atoms with E-state index in [0.717, 1.165) is 0 Å². The largest absolute Gasteiger partial charge is 0.138 e. The Morgan fingerprint density at radius 2 is 0.432 bits per heavy atom. The Labute approximate surface area is 287 Å². The Hall–Kier alpha value is -1.54. The maximum Gasteiger partial charge on any atom is 0.115 e. The second-order valence-electron chi connectivity index (χ2n) is 10.0. The van der Waals surface area contributed by atoms with Gasteiger partial charge in [0, 0.05) is 0 Å². The van der Waals surface area contributed by atoms with Gasteiger partial charge in [-0.25, -0.2) is 0 Å². The molecule has 4 aromatic carbocycles. The summed E-state index contributed by atoms with van der Waals surface area (Å²) in [5.74, 6) is 0. The molecule has 0 amide bonds. The van der Waals surface area contributed by atoms with Gasteiger partial charge in [0.1, 0.15) is 149 Å². The minimum atomic E-state index is -3.76. The van der Waals surface area contributed by atoms with Crippen LogP contribution in [0.2, 0.25) is 0 Å². The summed E-state index contributed by atoms with van der Waals surface area (Å²) in [4.78, 5) is -0.301. The van der Waals surface area contributed by atoms with E-state index in [9.17, 15) is 0 Å². The quantitative estimate of drug-likeness (QED) is 0.232. The highest BCUT2D eigenvalue weighted by Crippen LogP contribution is 2.68. The van der Waals surface area contributed by atoms with Gasteiger partial charge >= 0.3 is 0 Å². The second-order valence-corrected chi connectivity index (χ2v) is 12.9. The van der Waals surface area contributed by atoms with Crippen LogP contribution in [0.25, 0.3) is 0 Å². The van der Waals surface area contributed by atoms with Gasteiger partial charge in [0.2, 0.25) is 0 Å². The van der Waals surface area contributed by atoms with Crippen LogP contribution in [0.5, 0.6) is 0 Å². The van der Waals surface area contributed by atoms with Crippen molar-refractivity contribution in [3.63, 3.8) is 0 Å². The van der Waals surface area contributed by atoms with Crippen LogP contribution in [-0.4, -0.2) is 149 Å². The van der Waals surface area contributed by atoms with Crippen molar-refractivity contribution >= 4 is 263 Å². The maximum atomic E-state index is 6.74. The third-order valence-electron chi connectivity index (χ3n) is 7.59. The van der Waals surface area contributed by atoms with Crippen molar-refractivity contribution in [2.45, 2.75) is 19.6 Å². The van der Waals surface area contributed by atoms with Crippen molar-refractivity contribution < 1.29 is 0 Å². The minimum Gasteiger partial charge on any atom is -0.138 e. The molecule has 0 saturated heterocycles. The van der Waals surface area contributed by atoms with Gasteiger partial charge in [-0.2, -0.15) is 0 Å². The molecule has 0 heterocycles. The van der Waals surface area contributed by atoms with Gasteiger partial charge in [-0.15, -0.1) is 70.1 Å². The molecule has 44 heavy (non-hydrogen) atoms. The average Bonchev–Trinajstić information content (AvgIpc) is 2.97. The fourth-order valence-electron chi connectivity index (χ4n) is 5.16. The summed E-state index contributed by atoms with van der Waals surface area (Å²) in [6.07, 6.45) is 0. The molecule has 0 aliphatic rings. The van der Waals surface area contributed by atoms with Gasteiger partial charge in [-0.05, 0) is 19.6 Å². The molecule has 0 aromatic heterocycles. The monoisotopic (exact) mass is 530 g/mol. The van der Waals surface area contributed by atoms with Crippen LogP contribution in [0.15, 0.2) is 25.6 Å². The Bertz CT molecular complexity index is 1660. The molecule has 0 bridgehead atoms. The zero-order chi connectivity index (χ0) is 33.5. The summed E-state index contributed by atoms with van der Waals surface area (Å²) in [5.41, 5.74) is -3.24. The average molecular weight is 527 g/mol. The van der Waals surface area contributed by atoms with Crippen molar-refractivity contribution in [3.05, 3.63) is 6.07 Å². The SMILES string of the molecule is [B]c1cc([B])c(S(c2c([B])c([B])c([B])c([B])c2[B])(c2c([B])c([B])c([B])c([B])c2[B])c2c([B])c([B])c([B])c([B])c2[B])c([B])c1[B]. The topological polar surface area (TPSA) is 0 Å². The first-order valence-electron chi connectivity index (χ1n) is 12.4. The predicted octanol–water partition coefficient (Wildman–Crippen LogP) is -15.9. The smallest absolute Gasteiger partial charge is 0.115 e. The van der Waals surface area contributed by atoms with Crippen LogP contribution in [0.3, 0.4) is 0 Å². The Morgan fingerprint density at radius 3 is 0.682 bits per heavy atom. The Balaban J connectivity index is 2.66. The molecule has 4 aromatic rings. The minimum absolute atomic E-state index is 0.0175. The van der Waals surface area contributed by atoms with Gasteiger partial charge in [-0.1, -0.05) is 49.8 Å². The van der Waals surface area contributed by atoms with Crippen LogP contribution in [0.1, 0.15) is 0 Å². The fourth-order valence-corrected chi connectivity index (χ4v) is 9.88. The van der Waals surface area contributed by atoms with Crippen LogP contribution < -0.4 is 104 Å². The molecule has 20 heteroatoms. The van der Waals surface area contributed by atoms with E-state index in [0.29, 0.717) is 0 Å². The first-order valence-corrected chi connectivity index (χ1v) is 14.0. The molecule has 38 radical (unpaired) electrons. The normalized spacial score (nSPS) is 11.9. The van der Waals surface area contributed by atoms with E-state index >= 15 is 0 Å². The Kier molecular flexibility index (Phi) is 9.83. The number of hydrogen-bond donors (Lipinski definition) is 0. The van der Waals surface area contributed by atoms with Gasteiger partial charge < -0.3 is 0 Å². The summed E-state index contributed by atoms with van der Waals surface area (Å²) >= 11 is 0. The molecule has 0 aliphatic carbocycles. The van der Waals surface area contributed by atoms with Crippen LogP contribution in [-0.2, 0) is 0 Å². The first-order chi connectivity index (χ1) is 20.3. The number of hydrogen-bond acceptors (Lipinski definition) is 0. The summed E-state index contributed by atoms with van der Waals surface area (Å²) in [5, 5.41) is 0. The summed E-state index contributed by atoms with van der Waals surface area (Å²) in [6.45, 7) is 0. The highest BCUT2D eigenvalue weighted by molar-refractivity contribution is 8.35. The maximum absolute atomic E-state index is 6.74. The van der Waals surface area contributed by atoms with Crippen molar-refractivity contribution in [2.24, 2.45) is 0 Å². The second kappa shape index (κ2) is 12.2. The van der Waals surface area contributed by atoms with Gasteiger partial charge in [0.15, 0.2) is 0 Å². The summed E-state index contributed by atoms with van der Waals surface area (Å²) in [7, 11) is 119. The molecule has 0 spiro atoms. The molecular weight excluding hydrogens is 526 g/mol. The zero-order valence-electron chi connectivity index (χ0n) is 23.5. The van der Waals surface area contributed by atoms with Gasteiger partial charge in [0.05, 0.1) is 0 Å².